The van der Waals surface area contributed by atoms with Crippen LogP contribution in [-0.2, 0) is 6.42 Å². The first kappa shape index (κ1) is 18.8. The van der Waals surface area contributed by atoms with Gasteiger partial charge in [-0.2, -0.15) is 0 Å². The van der Waals surface area contributed by atoms with E-state index in [-0.39, 0.29) is 0 Å². The molecule has 0 unspecified atom stereocenters. The molecular weight excluding hydrogens is 368 g/mol. The number of benzene rings is 1. The van der Waals surface area contributed by atoms with Gasteiger partial charge in [0.15, 0.2) is 0 Å². The largest absolute Gasteiger partial charge is 0.330 e. The molecule has 1 aliphatic carbocycles. The van der Waals surface area contributed by atoms with Gasteiger partial charge in [0.25, 0.3) is 0 Å². The van der Waals surface area contributed by atoms with E-state index in [1.165, 1.54) is 28.7 Å². The maximum Gasteiger partial charge on any atom is 0.137 e. The lowest BCUT2D eigenvalue weighted by atomic mass is 10.0. The lowest BCUT2D eigenvalue weighted by Crippen LogP contribution is -2.00. The summed E-state index contributed by atoms with van der Waals surface area (Å²) in [5.41, 5.74) is 15.0. The molecule has 5 rings (SSSR count). The Kier molecular flexibility index (Phi) is 5.16. The molecule has 1 aliphatic rings. The first-order valence-corrected chi connectivity index (χ1v) is 10.7. The molecule has 0 saturated heterocycles. The standard InChI is InChI=1S/C26H26N4/c27-12-4-6-19-5-3-9-21(15-19)22-11-14-30-25(18-29-26(30)17-22)23-10-13-28-24(16-23)20-7-1-2-8-20/h3,5,7,9-11,13-18H,1-2,4,6,8,12,27H2. The zero-order valence-corrected chi connectivity index (χ0v) is 17.1. The number of pyridine rings is 2. The maximum absolute atomic E-state index is 5.66. The van der Waals surface area contributed by atoms with Crippen molar-refractivity contribution in [2.24, 2.45) is 5.73 Å². The van der Waals surface area contributed by atoms with E-state index in [0.29, 0.717) is 0 Å². The van der Waals surface area contributed by atoms with Crippen LogP contribution in [0.5, 0.6) is 0 Å². The first-order valence-electron chi connectivity index (χ1n) is 10.7. The van der Waals surface area contributed by atoms with Gasteiger partial charge in [-0.3, -0.25) is 9.38 Å². The van der Waals surface area contributed by atoms with Crippen LogP contribution in [0.1, 0.15) is 36.9 Å². The second kappa shape index (κ2) is 8.25. The third-order valence-corrected chi connectivity index (χ3v) is 5.87. The summed E-state index contributed by atoms with van der Waals surface area (Å²) >= 11 is 0. The first-order chi connectivity index (χ1) is 14.8. The van der Waals surface area contributed by atoms with Crippen LogP contribution < -0.4 is 5.73 Å². The molecule has 0 bridgehead atoms. The van der Waals surface area contributed by atoms with Crippen LogP contribution in [0.4, 0.5) is 0 Å². The van der Waals surface area contributed by atoms with Crippen molar-refractivity contribution in [1.82, 2.24) is 14.4 Å². The number of aromatic nitrogens is 3. The Labute approximate surface area is 177 Å². The SMILES string of the molecule is NCCCc1cccc(-c2ccn3c(-c4ccnc(C5=CCCC5)c4)cnc3c2)c1. The number of hydrogen-bond acceptors (Lipinski definition) is 3. The molecule has 0 spiro atoms. The number of rotatable bonds is 6. The molecule has 0 saturated carbocycles. The van der Waals surface area contributed by atoms with E-state index >= 15 is 0 Å². The smallest absolute Gasteiger partial charge is 0.137 e. The molecule has 3 aromatic heterocycles. The summed E-state index contributed by atoms with van der Waals surface area (Å²) in [7, 11) is 0. The van der Waals surface area contributed by atoms with Gasteiger partial charge in [-0.25, -0.2) is 4.98 Å². The van der Waals surface area contributed by atoms with E-state index in [1.807, 2.05) is 12.4 Å². The van der Waals surface area contributed by atoms with Gasteiger partial charge in [-0.15, -0.1) is 0 Å². The fourth-order valence-corrected chi connectivity index (χ4v) is 4.26. The van der Waals surface area contributed by atoms with E-state index < -0.39 is 0 Å². The molecule has 0 fully saturated rings. The molecule has 150 valence electrons. The number of nitrogens with two attached hydrogens (primary N) is 1. The van der Waals surface area contributed by atoms with E-state index in [1.54, 1.807) is 0 Å². The zero-order valence-electron chi connectivity index (χ0n) is 17.1. The predicted molar refractivity (Wildman–Crippen MR) is 123 cm³/mol. The summed E-state index contributed by atoms with van der Waals surface area (Å²) in [6.45, 7) is 0.723. The Morgan fingerprint density at radius 1 is 0.967 bits per heavy atom. The second-order valence-corrected chi connectivity index (χ2v) is 7.93. The van der Waals surface area contributed by atoms with Crippen LogP contribution in [0.15, 0.2) is 73.2 Å². The Balaban J connectivity index is 1.48. The van der Waals surface area contributed by atoms with Gasteiger partial charge >= 0.3 is 0 Å². The van der Waals surface area contributed by atoms with Gasteiger partial charge in [0.1, 0.15) is 5.65 Å². The molecule has 30 heavy (non-hydrogen) atoms. The van der Waals surface area contributed by atoms with Crippen molar-refractivity contribution in [2.75, 3.05) is 6.54 Å². The molecule has 0 aliphatic heterocycles. The minimum Gasteiger partial charge on any atom is -0.330 e. The van der Waals surface area contributed by atoms with Gasteiger partial charge in [-0.1, -0.05) is 30.3 Å². The number of allylic oxidation sites excluding steroid dienone is 2. The van der Waals surface area contributed by atoms with Crippen molar-refractivity contribution < 1.29 is 0 Å². The topological polar surface area (TPSA) is 56.2 Å². The Morgan fingerprint density at radius 3 is 2.77 bits per heavy atom. The molecule has 4 heteroatoms. The number of fused-ring (bicyclic) bond motifs is 1. The molecular formula is C26H26N4. The number of aryl methyl sites for hydroxylation is 1. The van der Waals surface area contributed by atoms with Crippen molar-refractivity contribution in [2.45, 2.75) is 32.1 Å². The van der Waals surface area contributed by atoms with Crippen LogP contribution >= 0.6 is 0 Å². The van der Waals surface area contributed by atoms with Gasteiger partial charge < -0.3 is 5.73 Å². The van der Waals surface area contributed by atoms with E-state index in [2.05, 4.69) is 70.2 Å². The van der Waals surface area contributed by atoms with Gasteiger partial charge in [-0.05, 0) is 85.2 Å². The maximum atomic E-state index is 5.66. The van der Waals surface area contributed by atoms with Gasteiger partial charge in [0.05, 0.1) is 17.6 Å². The van der Waals surface area contributed by atoms with Crippen molar-refractivity contribution >= 4 is 11.2 Å². The molecule has 3 heterocycles. The third-order valence-electron chi connectivity index (χ3n) is 5.87. The number of imidazole rings is 1. The molecule has 4 nitrogen and oxygen atoms in total. The highest BCUT2D eigenvalue weighted by Crippen LogP contribution is 2.30. The van der Waals surface area contributed by atoms with Crippen LogP contribution in [0.2, 0.25) is 0 Å². The van der Waals surface area contributed by atoms with E-state index in [0.717, 1.165) is 54.8 Å². The van der Waals surface area contributed by atoms with Crippen molar-refractivity contribution in [3.05, 3.63) is 84.5 Å². The Bertz CT molecular complexity index is 1220. The monoisotopic (exact) mass is 394 g/mol. The number of hydrogen-bond donors (Lipinski definition) is 1. The summed E-state index contributed by atoms with van der Waals surface area (Å²) in [6.07, 6.45) is 13.8. The summed E-state index contributed by atoms with van der Waals surface area (Å²) < 4.78 is 2.16. The fraction of sp³-hybridized carbons (Fsp3) is 0.231. The normalized spacial score (nSPS) is 13.7. The highest BCUT2D eigenvalue weighted by molar-refractivity contribution is 5.73. The molecule has 1 aromatic carbocycles. The van der Waals surface area contributed by atoms with Crippen LogP contribution in [-0.4, -0.2) is 20.9 Å². The predicted octanol–water partition coefficient (Wildman–Crippen LogP) is 5.52. The highest BCUT2D eigenvalue weighted by atomic mass is 15.0. The minimum atomic E-state index is 0.723. The van der Waals surface area contributed by atoms with E-state index in [9.17, 15) is 0 Å². The quantitative estimate of drug-likeness (QED) is 0.468. The number of nitrogens with zero attached hydrogens (tertiary/aromatic N) is 3. The summed E-state index contributed by atoms with van der Waals surface area (Å²) in [5, 5.41) is 0. The molecule has 2 N–H and O–H groups in total. The Hall–Kier alpha value is -3.24. The van der Waals surface area contributed by atoms with Crippen molar-refractivity contribution in [3.63, 3.8) is 0 Å². The summed E-state index contributed by atoms with van der Waals surface area (Å²) in [6, 6.07) is 17.3. The minimum absolute atomic E-state index is 0.723. The fourth-order valence-electron chi connectivity index (χ4n) is 4.26. The summed E-state index contributed by atoms with van der Waals surface area (Å²) in [5.74, 6) is 0. The second-order valence-electron chi connectivity index (χ2n) is 7.93. The molecule has 4 aromatic rings. The zero-order chi connectivity index (χ0) is 20.3. The average Bonchev–Trinajstić information content (AvgIpc) is 3.48. The highest BCUT2D eigenvalue weighted by Gasteiger charge is 2.12. The molecule has 0 atom stereocenters. The lowest BCUT2D eigenvalue weighted by Gasteiger charge is -2.08. The van der Waals surface area contributed by atoms with Crippen molar-refractivity contribution in [3.8, 4) is 22.4 Å². The molecule has 0 radical (unpaired) electrons. The average molecular weight is 395 g/mol. The third kappa shape index (κ3) is 3.66. The molecule has 0 amide bonds. The van der Waals surface area contributed by atoms with Gasteiger partial charge in [0, 0.05) is 18.0 Å². The van der Waals surface area contributed by atoms with Crippen LogP contribution in [0, 0.1) is 0 Å². The van der Waals surface area contributed by atoms with E-state index in [4.69, 9.17) is 10.7 Å². The Morgan fingerprint density at radius 2 is 1.90 bits per heavy atom. The van der Waals surface area contributed by atoms with Crippen molar-refractivity contribution in [1.29, 1.82) is 0 Å². The summed E-state index contributed by atoms with van der Waals surface area (Å²) in [4.78, 5) is 9.28. The van der Waals surface area contributed by atoms with Crippen LogP contribution in [0.3, 0.4) is 0 Å². The lowest BCUT2D eigenvalue weighted by molar-refractivity contribution is 0.833. The van der Waals surface area contributed by atoms with Gasteiger partial charge in [0.2, 0.25) is 0 Å². The van der Waals surface area contributed by atoms with Crippen LogP contribution in [0.25, 0.3) is 33.6 Å².